The number of carbonyl (C=O) groups excluding carboxylic acids is 1. The van der Waals surface area contributed by atoms with Crippen molar-refractivity contribution in [3.8, 4) is 11.1 Å². The van der Waals surface area contributed by atoms with Crippen LogP contribution in [0.25, 0.3) is 11.1 Å². The zero-order chi connectivity index (χ0) is 15.2. The predicted molar refractivity (Wildman–Crippen MR) is 94.6 cm³/mol. The number of hydrogen-bond donors (Lipinski definition) is 1. The molecule has 21 heavy (non-hydrogen) atoms. The normalized spacial score (nSPS) is 15.0. The SMILES string of the molecule is CCc1ccc2c(c1)-c1c(s[s+]c1SC(C)=O)C(C)(C)N2. The Balaban J connectivity index is 2.23. The molecule has 1 aromatic heterocycles. The summed E-state index contributed by atoms with van der Waals surface area (Å²) in [4.78, 5) is 12.9. The van der Waals surface area contributed by atoms with E-state index < -0.39 is 0 Å². The van der Waals surface area contributed by atoms with Crippen molar-refractivity contribution < 1.29 is 4.79 Å². The van der Waals surface area contributed by atoms with Crippen LogP contribution in [-0.2, 0) is 16.8 Å². The summed E-state index contributed by atoms with van der Waals surface area (Å²) in [6.45, 7) is 8.21. The van der Waals surface area contributed by atoms with E-state index in [0.29, 0.717) is 0 Å². The molecule has 5 heteroatoms. The highest BCUT2D eigenvalue weighted by Crippen LogP contribution is 2.53. The number of aryl methyl sites for hydroxylation is 1. The van der Waals surface area contributed by atoms with E-state index in [9.17, 15) is 4.79 Å². The van der Waals surface area contributed by atoms with Crippen LogP contribution in [0, 0.1) is 0 Å². The summed E-state index contributed by atoms with van der Waals surface area (Å²) in [5.74, 6) is 0. The average Bonchev–Trinajstić information content (AvgIpc) is 2.82. The minimum atomic E-state index is -0.0904. The van der Waals surface area contributed by atoms with Crippen LogP contribution in [-0.4, -0.2) is 5.12 Å². The van der Waals surface area contributed by atoms with Crippen molar-refractivity contribution in [1.82, 2.24) is 0 Å². The van der Waals surface area contributed by atoms with E-state index in [0.717, 1.165) is 10.6 Å². The van der Waals surface area contributed by atoms with Gasteiger partial charge >= 0.3 is 10.3 Å². The van der Waals surface area contributed by atoms with Gasteiger partial charge in [0.15, 0.2) is 15.5 Å². The van der Waals surface area contributed by atoms with Crippen LogP contribution in [0.1, 0.15) is 38.1 Å². The minimum Gasteiger partial charge on any atom is -0.375 e. The molecule has 0 saturated carbocycles. The smallest absolute Gasteiger partial charge is 0.309 e. The molecule has 1 aliphatic heterocycles. The standard InChI is InChI=1S/C16H18NOS3/c1-5-10-6-7-12-11(8-10)13-14(16(3,4)17-12)20-21-15(13)19-9(2)18/h6-8,17H,5H2,1-4H3/q+1. The summed E-state index contributed by atoms with van der Waals surface area (Å²) in [5.41, 5.74) is 4.91. The van der Waals surface area contributed by atoms with Crippen molar-refractivity contribution in [2.45, 2.75) is 43.9 Å². The molecule has 2 aromatic rings. The van der Waals surface area contributed by atoms with Crippen molar-refractivity contribution in [3.63, 3.8) is 0 Å². The molecular weight excluding hydrogens is 318 g/mol. The van der Waals surface area contributed by atoms with Gasteiger partial charge in [-0.3, -0.25) is 4.79 Å². The molecule has 3 rings (SSSR count). The highest BCUT2D eigenvalue weighted by molar-refractivity contribution is 8.16. The molecule has 0 unspecified atom stereocenters. The summed E-state index contributed by atoms with van der Waals surface area (Å²) in [5, 5.41) is 3.78. The van der Waals surface area contributed by atoms with Crippen molar-refractivity contribution in [3.05, 3.63) is 28.6 Å². The molecule has 110 valence electrons. The van der Waals surface area contributed by atoms with Gasteiger partial charge < -0.3 is 5.32 Å². The van der Waals surface area contributed by atoms with Gasteiger partial charge in [-0.15, -0.1) is 0 Å². The van der Waals surface area contributed by atoms with Gasteiger partial charge in [-0.05, 0) is 38.0 Å². The Labute approximate surface area is 137 Å². The molecular formula is C16H18NOS3+. The lowest BCUT2D eigenvalue weighted by Gasteiger charge is -2.32. The second kappa shape index (κ2) is 5.38. The van der Waals surface area contributed by atoms with E-state index in [1.54, 1.807) is 27.6 Å². The average molecular weight is 337 g/mol. The zero-order valence-corrected chi connectivity index (χ0v) is 15.0. The zero-order valence-electron chi connectivity index (χ0n) is 12.6. The first-order valence-electron chi connectivity index (χ1n) is 6.99. The van der Waals surface area contributed by atoms with Gasteiger partial charge in [0.1, 0.15) is 4.88 Å². The van der Waals surface area contributed by atoms with Gasteiger partial charge in [0, 0.05) is 29.9 Å². The number of hydrogen-bond acceptors (Lipinski definition) is 4. The molecule has 1 aliphatic rings. The van der Waals surface area contributed by atoms with E-state index >= 15 is 0 Å². The summed E-state index contributed by atoms with van der Waals surface area (Å²) in [6.07, 6.45) is 1.02. The van der Waals surface area contributed by atoms with Gasteiger partial charge in [-0.2, -0.15) is 0 Å². The van der Waals surface area contributed by atoms with Gasteiger partial charge in [-0.25, -0.2) is 0 Å². The summed E-state index contributed by atoms with van der Waals surface area (Å²) < 4.78 is 1.13. The largest absolute Gasteiger partial charge is 0.375 e. The van der Waals surface area contributed by atoms with E-state index in [-0.39, 0.29) is 10.7 Å². The van der Waals surface area contributed by atoms with Crippen LogP contribution < -0.4 is 5.32 Å². The highest BCUT2D eigenvalue weighted by atomic mass is 32.9. The Hall–Kier alpha value is -0.910. The van der Waals surface area contributed by atoms with E-state index in [1.807, 2.05) is 0 Å². The summed E-state index contributed by atoms with van der Waals surface area (Å²) in [7, 11) is 3.50. The number of fused-ring (bicyclic) bond motifs is 3. The maximum absolute atomic E-state index is 11.6. The Kier molecular flexibility index (Phi) is 3.84. The lowest BCUT2D eigenvalue weighted by Crippen LogP contribution is -2.30. The molecule has 1 aromatic carbocycles. The summed E-state index contributed by atoms with van der Waals surface area (Å²) >= 11 is 1.36. The second-order valence-corrected chi connectivity index (χ2v) is 9.33. The lowest BCUT2D eigenvalue weighted by molar-refractivity contribution is -0.109. The third-order valence-corrected chi connectivity index (χ3v) is 7.71. The van der Waals surface area contributed by atoms with Crippen molar-refractivity contribution >= 4 is 43.2 Å². The molecule has 0 bridgehead atoms. The van der Waals surface area contributed by atoms with Gasteiger partial charge in [0.25, 0.3) is 4.21 Å². The van der Waals surface area contributed by atoms with Crippen LogP contribution in [0.3, 0.4) is 0 Å². The van der Waals surface area contributed by atoms with E-state index in [1.165, 1.54) is 39.0 Å². The van der Waals surface area contributed by atoms with Gasteiger partial charge in [0.05, 0.1) is 11.1 Å². The molecule has 0 spiro atoms. The molecule has 0 atom stereocenters. The van der Waals surface area contributed by atoms with Gasteiger partial charge in [0.2, 0.25) is 0 Å². The maximum Gasteiger partial charge on any atom is 0.309 e. The molecule has 1 N–H and O–H groups in total. The number of anilines is 1. The molecule has 0 saturated heterocycles. The quantitative estimate of drug-likeness (QED) is 0.438. The number of benzene rings is 1. The minimum absolute atomic E-state index is 0.0904. The van der Waals surface area contributed by atoms with Crippen LogP contribution in [0.15, 0.2) is 22.4 Å². The fourth-order valence-electron chi connectivity index (χ4n) is 2.62. The Morgan fingerprint density at radius 2 is 2.19 bits per heavy atom. The number of carbonyl (C=O) groups is 1. The topological polar surface area (TPSA) is 29.1 Å². The number of nitrogens with one attached hydrogen (secondary N) is 1. The lowest BCUT2D eigenvalue weighted by atomic mass is 9.89. The van der Waals surface area contributed by atoms with Crippen molar-refractivity contribution in [2.24, 2.45) is 0 Å². The Morgan fingerprint density at radius 1 is 1.43 bits per heavy atom. The fraction of sp³-hybridized carbons (Fsp3) is 0.375. The van der Waals surface area contributed by atoms with E-state index in [2.05, 4.69) is 44.3 Å². The maximum atomic E-state index is 11.6. The van der Waals surface area contributed by atoms with Crippen LogP contribution in [0.2, 0.25) is 0 Å². The number of thioether (sulfide) groups is 1. The molecule has 2 heterocycles. The third kappa shape index (κ3) is 2.62. The summed E-state index contributed by atoms with van der Waals surface area (Å²) in [6, 6.07) is 6.62. The first-order chi connectivity index (χ1) is 9.92. The first-order valence-corrected chi connectivity index (χ1v) is 9.95. The van der Waals surface area contributed by atoms with Crippen LogP contribution in [0.5, 0.6) is 0 Å². The molecule has 0 aliphatic carbocycles. The highest BCUT2D eigenvalue weighted by Gasteiger charge is 2.40. The molecule has 0 amide bonds. The Bertz CT molecular complexity index is 718. The van der Waals surface area contributed by atoms with Crippen LogP contribution >= 0.6 is 32.4 Å². The predicted octanol–water partition coefficient (Wildman–Crippen LogP) is 5.62. The third-order valence-electron chi connectivity index (χ3n) is 3.64. The van der Waals surface area contributed by atoms with Gasteiger partial charge in [-0.1, -0.05) is 13.0 Å². The first kappa shape index (κ1) is 15.0. The van der Waals surface area contributed by atoms with Crippen LogP contribution in [0.4, 0.5) is 5.69 Å². The monoisotopic (exact) mass is 336 g/mol. The Morgan fingerprint density at radius 3 is 2.86 bits per heavy atom. The number of rotatable bonds is 2. The van der Waals surface area contributed by atoms with Crippen molar-refractivity contribution in [1.29, 1.82) is 0 Å². The molecule has 2 nitrogen and oxygen atoms in total. The van der Waals surface area contributed by atoms with E-state index in [4.69, 9.17) is 0 Å². The molecule has 0 fully saturated rings. The second-order valence-electron chi connectivity index (χ2n) is 5.74. The fourth-order valence-corrected chi connectivity index (χ4v) is 7.04. The van der Waals surface area contributed by atoms with Crippen molar-refractivity contribution in [2.75, 3.05) is 5.32 Å². The molecule has 0 radical (unpaired) electrons.